The van der Waals surface area contributed by atoms with Crippen LogP contribution in [-0.2, 0) is 6.54 Å². The number of fused-ring (bicyclic) bond motifs is 1. The maximum absolute atomic E-state index is 4.89. The van der Waals surface area contributed by atoms with Crippen LogP contribution in [0.1, 0.15) is 36.6 Å². The average Bonchev–Trinajstić information content (AvgIpc) is 3.66. The van der Waals surface area contributed by atoms with E-state index >= 15 is 0 Å². The van der Waals surface area contributed by atoms with E-state index in [0.29, 0.717) is 6.04 Å². The Bertz CT molecular complexity index is 1600. The number of rotatable bonds is 8. The minimum atomic E-state index is -1.71. The Morgan fingerprint density at radius 1 is 1.18 bits per heavy atom. The molecule has 4 heterocycles. The van der Waals surface area contributed by atoms with E-state index < -0.39 is 9.39 Å². The number of nitrogens with zero attached hydrogens (tertiary/aromatic N) is 4. The van der Waals surface area contributed by atoms with Gasteiger partial charge in [-0.2, -0.15) is 0 Å². The van der Waals surface area contributed by atoms with Crippen LogP contribution in [0.5, 0.6) is 0 Å². The van der Waals surface area contributed by atoms with Crippen LogP contribution in [-0.4, -0.2) is 59.3 Å². The average molecular weight is 574 g/mol. The van der Waals surface area contributed by atoms with Gasteiger partial charge in [0, 0.05) is 54.1 Å². The molecule has 6 rings (SSSR count). The Hall–Kier alpha value is -3.11. The zero-order chi connectivity index (χ0) is 28.2. The maximum Gasteiger partial charge on any atom is 0.189 e. The van der Waals surface area contributed by atoms with Gasteiger partial charge >= 0.3 is 0 Å². The second-order valence-corrected chi connectivity index (χ2v) is 14.7. The molecule has 1 aliphatic carbocycles. The van der Waals surface area contributed by atoms with Crippen LogP contribution in [0.3, 0.4) is 0 Å². The molecule has 2 aliphatic heterocycles. The third-order valence-corrected chi connectivity index (χ3v) is 11.4. The van der Waals surface area contributed by atoms with Crippen LogP contribution >= 0.6 is 20.7 Å². The van der Waals surface area contributed by atoms with Crippen molar-refractivity contribution in [3.8, 4) is 10.4 Å². The standard InChI is InChI=1S/C31H39N7S2/c1-19-17-33-13-14-37(19)28-10-8-9-27(35-28)36-31-34-20(2)30(39-31)24-15-25-18-38(21(3)23-11-12-23)22(4)29(25)26(16-24)40(6,7)32-5/h8-10,15-16,21,23,32-33H,1,4,6-7,11-14,17-18H2,2-3,5H3,(H,34,35,36). The zero-order valence-corrected chi connectivity index (χ0v) is 25.4. The number of aryl methyl sites for hydroxylation is 1. The summed E-state index contributed by atoms with van der Waals surface area (Å²) in [6.07, 6.45) is 2.63. The van der Waals surface area contributed by atoms with Gasteiger partial charge in [-0.25, -0.2) is 9.97 Å². The molecule has 1 unspecified atom stereocenters. The second kappa shape index (κ2) is 10.4. The Balaban J connectivity index is 1.33. The van der Waals surface area contributed by atoms with Crippen molar-refractivity contribution in [3.05, 3.63) is 66.0 Å². The molecule has 3 aromatic rings. The Kier molecular flexibility index (Phi) is 7.02. The van der Waals surface area contributed by atoms with Gasteiger partial charge in [0.2, 0.25) is 0 Å². The molecule has 2 aromatic heterocycles. The lowest BCUT2D eigenvalue weighted by molar-refractivity contribution is 0.290. The highest BCUT2D eigenvalue weighted by atomic mass is 32.2. The molecule has 9 heteroatoms. The van der Waals surface area contributed by atoms with Crippen molar-refractivity contribution in [1.29, 1.82) is 0 Å². The highest BCUT2D eigenvalue weighted by Crippen LogP contribution is 2.48. The lowest BCUT2D eigenvalue weighted by atomic mass is 10.0. The van der Waals surface area contributed by atoms with E-state index in [-0.39, 0.29) is 0 Å². The van der Waals surface area contributed by atoms with Crippen molar-refractivity contribution in [3.63, 3.8) is 0 Å². The fraction of sp³-hybridized carbons (Fsp3) is 0.355. The third kappa shape index (κ3) is 4.96. The molecular weight excluding hydrogens is 535 g/mol. The van der Waals surface area contributed by atoms with Gasteiger partial charge in [0.15, 0.2) is 5.13 Å². The minimum Gasteiger partial charge on any atom is -0.364 e. The van der Waals surface area contributed by atoms with E-state index in [0.717, 1.165) is 81.3 Å². The number of anilines is 3. The van der Waals surface area contributed by atoms with Crippen molar-refractivity contribution in [1.82, 2.24) is 24.9 Å². The van der Waals surface area contributed by atoms with Crippen LogP contribution in [0, 0.1) is 12.8 Å². The molecular formula is C31H39N7S2. The summed E-state index contributed by atoms with van der Waals surface area (Å²) >= 11 is 1.65. The topological polar surface area (TPSA) is 68.3 Å². The van der Waals surface area contributed by atoms with Crippen molar-refractivity contribution >= 4 is 54.9 Å². The molecule has 3 aliphatic rings. The predicted molar refractivity (Wildman–Crippen MR) is 175 cm³/mol. The van der Waals surface area contributed by atoms with Gasteiger partial charge in [0.05, 0.1) is 10.6 Å². The van der Waals surface area contributed by atoms with Gasteiger partial charge in [-0.05, 0) is 75.0 Å². The Morgan fingerprint density at radius 2 is 1.98 bits per heavy atom. The molecule has 3 N–H and O–H groups in total. The van der Waals surface area contributed by atoms with Crippen molar-refractivity contribution in [2.24, 2.45) is 5.92 Å². The number of pyridine rings is 1. The number of nitrogens with one attached hydrogen (secondary N) is 3. The zero-order valence-electron chi connectivity index (χ0n) is 23.7. The molecule has 1 saturated heterocycles. The summed E-state index contributed by atoms with van der Waals surface area (Å²) in [5.41, 5.74) is 6.81. The van der Waals surface area contributed by atoms with Crippen LogP contribution in [0.4, 0.5) is 16.8 Å². The summed E-state index contributed by atoms with van der Waals surface area (Å²) in [5, 5.41) is 7.63. The first-order valence-corrected chi connectivity index (χ1v) is 16.6. The first-order valence-electron chi connectivity index (χ1n) is 13.8. The van der Waals surface area contributed by atoms with Gasteiger partial charge in [0.25, 0.3) is 0 Å². The molecule has 1 saturated carbocycles. The summed E-state index contributed by atoms with van der Waals surface area (Å²) in [7, 11) is 0.242. The quantitative estimate of drug-likeness (QED) is 0.289. The molecule has 0 spiro atoms. The van der Waals surface area contributed by atoms with Gasteiger partial charge < -0.3 is 20.4 Å². The molecule has 210 valence electrons. The van der Waals surface area contributed by atoms with Crippen LogP contribution in [0.25, 0.3) is 16.1 Å². The third-order valence-electron chi connectivity index (χ3n) is 8.30. The smallest absolute Gasteiger partial charge is 0.189 e. The number of aromatic nitrogens is 2. The van der Waals surface area contributed by atoms with Crippen LogP contribution in [0.2, 0.25) is 0 Å². The van der Waals surface area contributed by atoms with Gasteiger partial charge in [-0.15, -0.1) is 9.39 Å². The van der Waals surface area contributed by atoms with Crippen molar-refractivity contribution in [2.75, 3.05) is 36.9 Å². The number of hydrogen-bond donors (Lipinski definition) is 3. The van der Waals surface area contributed by atoms with E-state index in [2.05, 4.69) is 76.0 Å². The van der Waals surface area contributed by atoms with Crippen LogP contribution < -0.4 is 20.3 Å². The highest BCUT2D eigenvalue weighted by Gasteiger charge is 2.37. The van der Waals surface area contributed by atoms with E-state index in [4.69, 9.17) is 9.97 Å². The number of piperazine rings is 1. The summed E-state index contributed by atoms with van der Waals surface area (Å²) in [4.78, 5) is 16.7. The van der Waals surface area contributed by atoms with E-state index in [1.165, 1.54) is 24.0 Å². The van der Waals surface area contributed by atoms with Crippen molar-refractivity contribution in [2.45, 2.75) is 44.2 Å². The predicted octanol–water partition coefficient (Wildman–Crippen LogP) is 5.93. The molecule has 40 heavy (non-hydrogen) atoms. The fourth-order valence-electron chi connectivity index (χ4n) is 5.74. The minimum absolute atomic E-state index is 0.493. The van der Waals surface area contributed by atoms with Gasteiger partial charge in [-0.3, -0.25) is 4.72 Å². The summed E-state index contributed by atoms with van der Waals surface area (Å²) in [6, 6.07) is 11.1. The molecule has 1 atom stereocenters. The number of thiazole rings is 1. The molecule has 0 bridgehead atoms. The normalized spacial score (nSPS) is 18.3. The number of benzene rings is 1. The molecule has 7 nitrogen and oxygen atoms in total. The number of hydrogen-bond acceptors (Lipinski definition) is 8. The lowest BCUT2D eigenvalue weighted by Gasteiger charge is -2.30. The maximum atomic E-state index is 4.89. The summed E-state index contributed by atoms with van der Waals surface area (Å²) in [5.74, 6) is 11.5. The molecule has 0 radical (unpaired) electrons. The molecule has 0 amide bonds. The Labute approximate surface area is 242 Å². The summed E-state index contributed by atoms with van der Waals surface area (Å²) in [6.45, 7) is 16.6. The summed E-state index contributed by atoms with van der Waals surface area (Å²) < 4.78 is 3.41. The first kappa shape index (κ1) is 27.1. The van der Waals surface area contributed by atoms with Gasteiger partial charge in [0.1, 0.15) is 11.6 Å². The van der Waals surface area contributed by atoms with E-state index in [9.17, 15) is 0 Å². The lowest BCUT2D eigenvalue weighted by Crippen LogP contribution is -2.41. The Morgan fingerprint density at radius 3 is 2.70 bits per heavy atom. The van der Waals surface area contributed by atoms with Crippen LogP contribution in [0.15, 0.2) is 54.1 Å². The van der Waals surface area contributed by atoms with E-state index in [1.807, 2.05) is 25.2 Å². The van der Waals surface area contributed by atoms with Gasteiger partial charge in [-0.1, -0.05) is 42.3 Å². The van der Waals surface area contributed by atoms with E-state index in [1.54, 1.807) is 11.3 Å². The highest BCUT2D eigenvalue weighted by molar-refractivity contribution is 8.26. The molecule has 2 fully saturated rings. The molecule has 1 aromatic carbocycles. The SMILES string of the molecule is C=C1CNCCN1c1cccc(Nc2nc(C)c(-c3cc4c(c(S(=C)(=C)NC)c3)C(=C)N(C(C)C3CC3)C4)s2)n1. The fourth-order valence-corrected chi connectivity index (χ4v) is 7.92. The first-order chi connectivity index (χ1) is 19.2. The monoisotopic (exact) mass is 573 g/mol. The largest absolute Gasteiger partial charge is 0.364 e. The van der Waals surface area contributed by atoms with Crippen molar-refractivity contribution < 1.29 is 0 Å². The second-order valence-electron chi connectivity index (χ2n) is 11.1.